The molecule has 0 spiro atoms. The fourth-order valence-corrected chi connectivity index (χ4v) is 7.30. The normalized spacial score (nSPS) is 52.3. The molecule has 5 aliphatic heterocycles. The van der Waals surface area contributed by atoms with Crippen LogP contribution >= 0.6 is 0 Å². The molecule has 0 saturated carbocycles. The Morgan fingerprint density at radius 1 is 0.456 bits per heavy atom. The van der Waals surface area contributed by atoms with Gasteiger partial charge in [0.2, 0.25) is 5.91 Å². The number of rotatable bonds is 12. The summed E-state index contributed by atoms with van der Waals surface area (Å²) in [5.41, 5.74) is 0. The molecule has 5 rings (SSSR count). The van der Waals surface area contributed by atoms with E-state index < -0.39 is 179 Å². The van der Waals surface area contributed by atoms with Crippen LogP contribution in [0.15, 0.2) is 0 Å². The second-order valence-electron chi connectivity index (χ2n) is 14.7. The van der Waals surface area contributed by atoms with E-state index in [1.807, 2.05) is 0 Å². The van der Waals surface area contributed by atoms with Crippen molar-refractivity contribution < 1.29 is 119 Å². The molecule has 15 N–H and O–H groups in total. The number of hydrogen-bond acceptors (Lipinski definition) is 24. The Labute approximate surface area is 324 Å². The molecule has 5 saturated heterocycles. The van der Waals surface area contributed by atoms with E-state index in [0.29, 0.717) is 0 Å². The third-order valence-corrected chi connectivity index (χ3v) is 10.6. The summed E-state index contributed by atoms with van der Waals surface area (Å²) in [5, 5.41) is 149. The first-order valence-electron chi connectivity index (χ1n) is 18.3. The zero-order valence-electron chi connectivity index (χ0n) is 30.9. The van der Waals surface area contributed by atoms with Crippen LogP contribution in [0.3, 0.4) is 0 Å². The largest absolute Gasteiger partial charge is 0.394 e. The van der Waals surface area contributed by atoms with Gasteiger partial charge in [0.05, 0.1) is 32.0 Å². The molecule has 0 aliphatic carbocycles. The third-order valence-electron chi connectivity index (χ3n) is 10.6. The van der Waals surface area contributed by atoms with Crippen LogP contribution < -0.4 is 5.32 Å². The quantitative estimate of drug-likeness (QED) is 0.0867. The fourth-order valence-electron chi connectivity index (χ4n) is 7.30. The molecule has 332 valence electrons. The lowest BCUT2D eigenvalue weighted by Crippen LogP contribution is -2.71. The summed E-state index contributed by atoms with van der Waals surface area (Å²) in [6, 6.07) is -1.69. The summed E-state index contributed by atoms with van der Waals surface area (Å²) in [6.07, 6.45) is -42.3. The maximum absolute atomic E-state index is 12.7. The predicted molar refractivity (Wildman–Crippen MR) is 175 cm³/mol. The number of nitrogens with one attached hydrogen (secondary N) is 1. The Morgan fingerprint density at radius 2 is 0.895 bits per heavy atom. The van der Waals surface area contributed by atoms with Gasteiger partial charge in [0.15, 0.2) is 31.5 Å². The molecule has 25 nitrogen and oxygen atoms in total. The van der Waals surface area contributed by atoms with Gasteiger partial charge < -0.3 is 119 Å². The molecule has 0 radical (unpaired) electrons. The van der Waals surface area contributed by atoms with Crippen molar-refractivity contribution in [3.8, 4) is 0 Å². The first-order valence-corrected chi connectivity index (χ1v) is 18.3. The second kappa shape index (κ2) is 19.5. The van der Waals surface area contributed by atoms with Crippen molar-refractivity contribution in [3.05, 3.63) is 0 Å². The van der Waals surface area contributed by atoms with Gasteiger partial charge in [-0.2, -0.15) is 0 Å². The number of carbonyl (C=O) groups is 1. The van der Waals surface area contributed by atoms with Gasteiger partial charge in [0, 0.05) is 6.92 Å². The summed E-state index contributed by atoms with van der Waals surface area (Å²) >= 11 is 0. The molecule has 57 heavy (non-hydrogen) atoms. The molecule has 25 atom stereocenters. The van der Waals surface area contributed by atoms with Gasteiger partial charge in [-0.25, -0.2) is 0 Å². The average molecular weight is 838 g/mol. The van der Waals surface area contributed by atoms with Gasteiger partial charge in [0.25, 0.3) is 0 Å². The van der Waals surface area contributed by atoms with Crippen LogP contribution in [0, 0.1) is 0 Å². The smallest absolute Gasteiger partial charge is 0.217 e. The predicted octanol–water partition coefficient (Wildman–Crippen LogP) is -9.73. The molecule has 5 heterocycles. The van der Waals surface area contributed by atoms with Crippen molar-refractivity contribution in [2.75, 3.05) is 19.8 Å². The summed E-state index contributed by atoms with van der Waals surface area (Å²) in [5.74, 6) is -0.803. The molecule has 1 amide bonds. The Balaban J connectivity index is 1.54. The highest BCUT2D eigenvalue weighted by atomic mass is 16.8. The Hall–Kier alpha value is -1.45. The zero-order valence-corrected chi connectivity index (χ0v) is 30.9. The Morgan fingerprint density at radius 3 is 1.40 bits per heavy atom. The molecule has 1 unspecified atom stereocenters. The lowest BCUT2D eigenvalue weighted by molar-refractivity contribution is -0.398. The van der Waals surface area contributed by atoms with E-state index in [2.05, 4.69) is 5.32 Å². The second-order valence-corrected chi connectivity index (χ2v) is 14.7. The minimum atomic E-state index is -2.01. The van der Waals surface area contributed by atoms with Crippen molar-refractivity contribution in [1.82, 2.24) is 5.32 Å². The molecule has 5 fully saturated rings. The van der Waals surface area contributed by atoms with Gasteiger partial charge in [-0.15, -0.1) is 0 Å². The van der Waals surface area contributed by atoms with Crippen LogP contribution in [0.25, 0.3) is 0 Å². The lowest BCUT2D eigenvalue weighted by Gasteiger charge is -2.52. The molecule has 0 aromatic heterocycles. The molecular weight excluding hydrogens is 782 g/mol. The zero-order chi connectivity index (χ0) is 42.2. The van der Waals surface area contributed by atoms with Crippen LogP contribution in [0.1, 0.15) is 20.8 Å². The lowest BCUT2D eigenvalue weighted by atomic mass is 9.93. The molecule has 0 aromatic carbocycles. The van der Waals surface area contributed by atoms with Gasteiger partial charge in [0.1, 0.15) is 110 Å². The van der Waals surface area contributed by atoms with Crippen LogP contribution in [-0.2, 0) is 47.4 Å². The van der Waals surface area contributed by atoms with E-state index in [-0.39, 0.29) is 0 Å². The summed E-state index contributed by atoms with van der Waals surface area (Å²) in [4.78, 5) is 12.7. The number of hydrogen-bond donors (Lipinski definition) is 15. The first-order chi connectivity index (χ1) is 26.8. The molecule has 25 heteroatoms. The number of carbonyl (C=O) groups excluding carboxylic acids is 1. The van der Waals surface area contributed by atoms with Crippen molar-refractivity contribution >= 4 is 5.91 Å². The van der Waals surface area contributed by atoms with Crippen molar-refractivity contribution in [2.45, 2.75) is 174 Å². The van der Waals surface area contributed by atoms with Gasteiger partial charge in [-0.3, -0.25) is 4.79 Å². The van der Waals surface area contributed by atoms with Gasteiger partial charge >= 0.3 is 0 Å². The minimum absolute atomic E-state index is 0.803. The van der Waals surface area contributed by atoms with Crippen molar-refractivity contribution in [2.24, 2.45) is 0 Å². The highest BCUT2D eigenvalue weighted by molar-refractivity contribution is 5.73. The van der Waals surface area contributed by atoms with Crippen LogP contribution in [0.2, 0.25) is 0 Å². The standard InChI is InChI=1S/C32H55NO24/c1-7-14(38)17(41)22(46)30(49-7)56-26-13(33-9(3)37)29(54-24-11(5-35)51-28(48)21(45)20(24)44)53-12(6-36)25(26)55-32-27(19(43)16(40)10(4-34)52-32)57-31-23(47)18(42)15(39)8(2)50-31/h7-8,10-32,34-36,38-48H,4-6H2,1-3H3,(H,33,37)/t7-,8-,10+,11+,12+,13+,14+,15+,16-,17+,18+,19-,20+,21+,22-,23-,24+,25+,26+,27+,28?,29-,30-,31-,32-/m0/s1. The Kier molecular flexibility index (Phi) is 16.0. The van der Waals surface area contributed by atoms with E-state index in [1.54, 1.807) is 0 Å². The fraction of sp³-hybridized carbons (Fsp3) is 0.969. The van der Waals surface area contributed by atoms with E-state index in [0.717, 1.165) is 6.92 Å². The van der Waals surface area contributed by atoms with Crippen LogP contribution in [0.4, 0.5) is 0 Å². The van der Waals surface area contributed by atoms with Crippen LogP contribution in [-0.4, -0.2) is 251 Å². The van der Waals surface area contributed by atoms with E-state index in [1.165, 1.54) is 13.8 Å². The van der Waals surface area contributed by atoms with E-state index in [4.69, 9.17) is 42.6 Å². The maximum Gasteiger partial charge on any atom is 0.217 e. The number of amides is 1. The highest BCUT2D eigenvalue weighted by Gasteiger charge is 2.57. The SMILES string of the molecule is CC(=O)N[C@H]1[C@H](O[C@H]2[C@H](O)[C@@H](O)C(O)O[C@@H]2CO)O[C@H](CO)[C@@H](O[C@@H]2O[C@H](CO)[C@H](O)[C@H](O)[C@H]2O[C@@H]2O[C@@H](C)[C@@H](O)[C@@H](O)[C@@H]2O)[C@@H]1O[C@@H]1O[C@@H](C)[C@@H](O)[C@@H](O)[C@@H]1O. The maximum atomic E-state index is 12.7. The minimum Gasteiger partial charge on any atom is -0.394 e. The summed E-state index contributed by atoms with van der Waals surface area (Å²) in [7, 11) is 0. The Bertz CT molecular complexity index is 1290. The third kappa shape index (κ3) is 9.71. The van der Waals surface area contributed by atoms with Crippen LogP contribution in [0.5, 0.6) is 0 Å². The molecule has 0 aromatic rings. The van der Waals surface area contributed by atoms with E-state index in [9.17, 15) is 76.3 Å². The summed E-state index contributed by atoms with van der Waals surface area (Å²) < 4.78 is 52.2. The number of ether oxygens (including phenoxy) is 9. The van der Waals surface area contributed by atoms with Gasteiger partial charge in [-0.05, 0) is 13.8 Å². The number of aliphatic hydroxyl groups excluding tert-OH is 14. The average Bonchev–Trinajstić information content (AvgIpc) is 3.18. The number of aliphatic hydroxyl groups is 14. The first kappa shape index (κ1) is 46.6. The van der Waals surface area contributed by atoms with Crippen molar-refractivity contribution in [3.63, 3.8) is 0 Å². The molecule has 5 aliphatic rings. The summed E-state index contributed by atoms with van der Waals surface area (Å²) in [6.45, 7) is 0.918. The van der Waals surface area contributed by atoms with Crippen molar-refractivity contribution in [1.29, 1.82) is 0 Å². The van der Waals surface area contributed by atoms with E-state index >= 15 is 0 Å². The molecular formula is C32H55NO24. The monoisotopic (exact) mass is 837 g/mol. The van der Waals surface area contributed by atoms with Gasteiger partial charge in [-0.1, -0.05) is 0 Å². The molecule has 0 bridgehead atoms. The topological polar surface area (TPSA) is 395 Å². The highest BCUT2D eigenvalue weighted by Crippen LogP contribution is 2.37.